The van der Waals surface area contributed by atoms with Crippen LogP contribution >= 0.6 is 0 Å². The average Bonchev–Trinajstić information content (AvgIpc) is 2.25. The molecule has 0 saturated heterocycles. The van der Waals surface area contributed by atoms with Crippen molar-refractivity contribution in [3.05, 3.63) is 49.8 Å². The van der Waals surface area contributed by atoms with Crippen LogP contribution < -0.4 is 5.43 Å². The van der Waals surface area contributed by atoms with Crippen LogP contribution in [0.3, 0.4) is 0 Å². The Labute approximate surface area is 90.9 Å². The van der Waals surface area contributed by atoms with Crippen LogP contribution in [-0.4, -0.2) is 9.91 Å². The predicted molar refractivity (Wildman–Crippen MR) is 60.7 cm³/mol. The number of benzene rings is 1. The normalized spacial score (nSPS) is 10.6. The van der Waals surface area contributed by atoms with Gasteiger partial charge in [-0.25, -0.2) is 0 Å². The minimum atomic E-state index is -0.506. The molecule has 0 fully saturated rings. The smallest absolute Gasteiger partial charge is 0.270 e. The van der Waals surface area contributed by atoms with E-state index in [-0.39, 0.29) is 11.1 Å². The average molecular weight is 218 g/mol. The van der Waals surface area contributed by atoms with Crippen LogP contribution in [-0.2, 0) is 0 Å². The zero-order valence-corrected chi connectivity index (χ0v) is 8.90. The summed E-state index contributed by atoms with van der Waals surface area (Å²) in [5.41, 5.74) is 1.77. The zero-order chi connectivity index (χ0) is 11.9. The molecule has 0 aliphatic rings. The molecule has 0 radical (unpaired) electrons. The molecule has 0 aliphatic carbocycles. The Bertz CT molecular complexity index is 643. The molecule has 0 aliphatic heterocycles. The number of hydrogen-bond acceptors (Lipinski definition) is 3. The van der Waals surface area contributed by atoms with Crippen LogP contribution in [0.5, 0.6) is 0 Å². The number of fused-ring (bicyclic) bond motifs is 1. The van der Waals surface area contributed by atoms with Crippen molar-refractivity contribution in [1.29, 1.82) is 0 Å². The van der Waals surface area contributed by atoms with Crippen LogP contribution in [0.25, 0.3) is 10.9 Å². The van der Waals surface area contributed by atoms with E-state index in [2.05, 4.69) is 4.98 Å². The molecule has 0 amide bonds. The second-order valence-electron chi connectivity index (χ2n) is 3.69. The highest BCUT2D eigenvalue weighted by atomic mass is 16.6. The van der Waals surface area contributed by atoms with Crippen molar-refractivity contribution in [2.45, 2.75) is 13.8 Å². The van der Waals surface area contributed by atoms with Gasteiger partial charge < -0.3 is 4.98 Å². The minimum Gasteiger partial charge on any atom is -0.358 e. The third kappa shape index (κ3) is 1.46. The van der Waals surface area contributed by atoms with Crippen molar-refractivity contribution >= 4 is 16.6 Å². The van der Waals surface area contributed by atoms with Gasteiger partial charge in [0, 0.05) is 28.9 Å². The predicted octanol–water partition coefficient (Wildman–Crippen LogP) is 2.05. The highest BCUT2D eigenvalue weighted by molar-refractivity contribution is 5.81. The highest BCUT2D eigenvalue weighted by Gasteiger charge is 2.10. The fourth-order valence-electron chi connectivity index (χ4n) is 1.61. The Balaban J connectivity index is 2.88. The summed E-state index contributed by atoms with van der Waals surface area (Å²) in [6, 6.07) is 4.24. The van der Waals surface area contributed by atoms with E-state index in [4.69, 9.17) is 0 Å². The summed E-state index contributed by atoms with van der Waals surface area (Å²) in [4.78, 5) is 25.0. The van der Waals surface area contributed by atoms with Crippen molar-refractivity contribution in [1.82, 2.24) is 4.98 Å². The quantitative estimate of drug-likeness (QED) is 0.587. The van der Waals surface area contributed by atoms with Gasteiger partial charge in [-0.1, -0.05) is 0 Å². The van der Waals surface area contributed by atoms with Gasteiger partial charge in [-0.15, -0.1) is 0 Å². The molecule has 82 valence electrons. The fourth-order valence-corrected chi connectivity index (χ4v) is 1.61. The fraction of sp³-hybridized carbons (Fsp3) is 0.182. The molecule has 0 saturated carbocycles. The third-order valence-electron chi connectivity index (χ3n) is 2.68. The number of nitrogens with zero attached hydrogens (tertiary/aromatic N) is 1. The number of aromatic nitrogens is 1. The van der Waals surface area contributed by atoms with Gasteiger partial charge in [-0.05, 0) is 19.9 Å². The van der Waals surface area contributed by atoms with Gasteiger partial charge in [0.2, 0.25) is 0 Å². The molecular formula is C11H10N2O3. The Morgan fingerprint density at radius 2 is 2.00 bits per heavy atom. The van der Waals surface area contributed by atoms with Crippen LogP contribution in [0.15, 0.2) is 23.0 Å². The molecule has 1 aromatic heterocycles. The van der Waals surface area contributed by atoms with E-state index in [0.29, 0.717) is 16.5 Å². The van der Waals surface area contributed by atoms with Crippen molar-refractivity contribution in [3.63, 3.8) is 0 Å². The summed E-state index contributed by atoms with van der Waals surface area (Å²) >= 11 is 0. The largest absolute Gasteiger partial charge is 0.358 e. The second kappa shape index (κ2) is 3.44. The Morgan fingerprint density at radius 3 is 2.62 bits per heavy atom. The molecule has 1 heterocycles. The maximum atomic E-state index is 11.9. The monoisotopic (exact) mass is 218 g/mol. The van der Waals surface area contributed by atoms with Crippen molar-refractivity contribution < 1.29 is 4.92 Å². The van der Waals surface area contributed by atoms with Crippen molar-refractivity contribution in [3.8, 4) is 0 Å². The SMILES string of the molecule is Cc1[nH]c2ccc([N+](=O)[O-])cc2c(=O)c1C. The van der Waals surface area contributed by atoms with Gasteiger partial charge in [0.25, 0.3) is 5.69 Å². The number of H-pyrrole nitrogens is 1. The van der Waals surface area contributed by atoms with E-state index in [1.807, 2.05) is 0 Å². The summed E-state index contributed by atoms with van der Waals surface area (Å²) in [5, 5.41) is 11.0. The first kappa shape index (κ1) is 10.4. The Morgan fingerprint density at radius 1 is 1.31 bits per heavy atom. The molecular weight excluding hydrogens is 208 g/mol. The van der Waals surface area contributed by atoms with E-state index in [9.17, 15) is 14.9 Å². The van der Waals surface area contributed by atoms with Crippen LogP contribution in [0.2, 0.25) is 0 Å². The summed E-state index contributed by atoms with van der Waals surface area (Å²) < 4.78 is 0. The van der Waals surface area contributed by atoms with Gasteiger partial charge in [0.15, 0.2) is 5.43 Å². The second-order valence-corrected chi connectivity index (χ2v) is 3.69. The number of hydrogen-bond donors (Lipinski definition) is 1. The third-order valence-corrected chi connectivity index (χ3v) is 2.68. The lowest BCUT2D eigenvalue weighted by molar-refractivity contribution is -0.384. The molecule has 1 N–H and O–H groups in total. The van der Waals surface area contributed by atoms with Crippen LogP contribution in [0.4, 0.5) is 5.69 Å². The summed E-state index contributed by atoms with van der Waals surface area (Å²) in [6.45, 7) is 3.50. The van der Waals surface area contributed by atoms with Crippen molar-refractivity contribution in [2.24, 2.45) is 0 Å². The molecule has 2 aromatic rings. The number of nitro groups is 1. The molecule has 0 bridgehead atoms. The van der Waals surface area contributed by atoms with E-state index in [1.165, 1.54) is 12.1 Å². The molecule has 16 heavy (non-hydrogen) atoms. The lowest BCUT2D eigenvalue weighted by atomic mass is 10.1. The first-order valence-corrected chi connectivity index (χ1v) is 4.78. The topological polar surface area (TPSA) is 76.0 Å². The number of rotatable bonds is 1. The zero-order valence-electron chi connectivity index (χ0n) is 8.90. The lowest BCUT2D eigenvalue weighted by Gasteiger charge is -2.03. The maximum absolute atomic E-state index is 11.9. The number of aryl methyl sites for hydroxylation is 1. The van der Waals surface area contributed by atoms with Crippen LogP contribution in [0.1, 0.15) is 11.3 Å². The molecule has 1 aromatic carbocycles. The standard InChI is InChI=1S/C11H10N2O3/c1-6-7(2)12-10-4-3-8(13(15)16)5-9(10)11(6)14/h3-5H,1-2H3,(H,12,14). The number of non-ortho nitro benzene ring substituents is 1. The number of aromatic amines is 1. The van der Waals surface area contributed by atoms with Gasteiger partial charge in [0.05, 0.1) is 10.3 Å². The highest BCUT2D eigenvalue weighted by Crippen LogP contribution is 2.17. The van der Waals surface area contributed by atoms with Gasteiger partial charge in [0.1, 0.15) is 0 Å². The Kier molecular flexibility index (Phi) is 2.23. The molecule has 0 atom stereocenters. The molecule has 0 unspecified atom stereocenters. The first-order valence-electron chi connectivity index (χ1n) is 4.78. The number of pyridine rings is 1. The molecule has 0 spiro atoms. The van der Waals surface area contributed by atoms with Crippen molar-refractivity contribution in [2.75, 3.05) is 0 Å². The van der Waals surface area contributed by atoms with Gasteiger partial charge >= 0.3 is 0 Å². The minimum absolute atomic E-state index is 0.0683. The maximum Gasteiger partial charge on any atom is 0.270 e. The number of nitro benzene ring substituents is 1. The van der Waals surface area contributed by atoms with Gasteiger partial charge in [-0.2, -0.15) is 0 Å². The molecule has 5 heteroatoms. The molecule has 5 nitrogen and oxygen atoms in total. The van der Waals surface area contributed by atoms with E-state index in [0.717, 1.165) is 5.69 Å². The molecule has 2 rings (SSSR count). The lowest BCUT2D eigenvalue weighted by Crippen LogP contribution is -2.09. The first-order chi connectivity index (χ1) is 7.50. The summed E-state index contributed by atoms with van der Waals surface area (Å²) in [7, 11) is 0. The summed E-state index contributed by atoms with van der Waals surface area (Å²) in [6.07, 6.45) is 0. The van der Waals surface area contributed by atoms with E-state index >= 15 is 0 Å². The van der Waals surface area contributed by atoms with E-state index < -0.39 is 4.92 Å². The summed E-state index contributed by atoms with van der Waals surface area (Å²) in [5.74, 6) is 0. The van der Waals surface area contributed by atoms with Crippen LogP contribution in [0, 0.1) is 24.0 Å². The van der Waals surface area contributed by atoms with E-state index in [1.54, 1.807) is 19.9 Å². The van der Waals surface area contributed by atoms with Gasteiger partial charge in [-0.3, -0.25) is 14.9 Å². The Hall–Kier alpha value is -2.17. The number of nitrogens with one attached hydrogen (secondary N) is 1.